The van der Waals surface area contributed by atoms with Gasteiger partial charge in [-0.05, 0) is 68.9 Å². The van der Waals surface area contributed by atoms with Crippen LogP contribution in [0.2, 0.25) is 0 Å². The van der Waals surface area contributed by atoms with E-state index in [1.165, 1.54) is 10.8 Å². The molecule has 12 rings (SSSR count). The maximum absolute atomic E-state index is 6.63. The number of rotatable bonds is 6. The summed E-state index contributed by atoms with van der Waals surface area (Å²) >= 11 is 0. The molecule has 9 aromatic carbocycles. The molecule has 0 spiro atoms. The summed E-state index contributed by atoms with van der Waals surface area (Å²) in [5.74, 6) is 0.603. The van der Waals surface area contributed by atoms with E-state index in [0.717, 1.165) is 105 Å². The number of aromatic nitrogens is 2. The van der Waals surface area contributed by atoms with Gasteiger partial charge in [-0.15, -0.1) is 0 Å². The van der Waals surface area contributed by atoms with Crippen LogP contribution in [0.3, 0.4) is 0 Å². The average molecular weight is 767 g/mol. The van der Waals surface area contributed by atoms with Gasteiger partial charge in [-0.3, -0.25) is 0 Å². The lowest BCUT2D eigenvalue weighted by molar-refractivity contribution is 0.669. The molecule has 0 radical (unpaired) electrons. The van der Waals surface area contributed by atoms with Crippen LogP contribution in [0.4, 0.5) is 0 Å². The third kappa shape index (κ3) is 5.46. The van der Waals surface area contributed by atoms with Crippen LogP contribution in [0.5, 0.6) is 0 Å². The van der Waals surface area contributed by atoms with Crippen LogP contribution in [-0.4, -0.2) is 9.97 Å². The van der Waals surface area contributed by atoms with Gasteiger partial charge in [-0.1, -0.05) is 176 Å². The molecule has 0 aliphatic heterocycles. The topological polar surface area (TPSA) is 52.1 Å². The predicted octanol–water partition coefficient (Wildman–Crippen LogP) is 15.4. The Morgan fingerprint density at radius 1 is 0.300 bits per heavy atom. The lowest BCUT2D eigenvalue weighted by atomic mass is 9.84. The van der Waals surface area contributed by atoms with E-state index < -0.39 is 0 Å². The second-order valence-electron chi connectivity index (χ2n) is 15.2. The van der Waals surface area contributed by atoms with Gasteiger partial charge in [0, 0.05) is 43.8 Å². The van der Waals surface area contributed by atoms with Crippen molar-refractivity contribution in [1.29, 1.82) is 0 Å². The Morgan fingerprint density at radius 2 is 0.783 bits per heavy atom. The zero-order chi connectivity index (χ0) is 39.6. The standard InChI is InChI=1S/C56H34N2O2/c1-3-16-35(17-4-1)39-33-32-36-18-7-8-21-38(36)53(39)46-28-15-29-47(52(46)37-19-5-2-6-20-37)56-57-48(44-26-13-24-42-40-22-9-11-30-50(40)59-54(42)44)34-49(58-56)45-27-14-25-43-41-23-10-12-31-51(41)60-55(43)45/h1-34H. The Kier molecular flexibility index (Phi) is 7.82. The summed E-state index contributed by atoms with van der Waals surface area (Å²) in [6.45, 7) is 0. The second kappa shape index (κ2) is 13.8. The normalized spacial score (nSPS) is 11.7. The first-order valence-corrected chi connectivity index (χ1v) is 20.2. The molecule has 0 fully saturated rings. The molecule has 0 saturated carbocycles. The van der Waals surface area contributed by atoms with E-state index in [4.69, 9.17) is 18.8 Å². The second-order valence-corrected chi connectivity index (χ2v) is 15.2. The SMILES string of the molecule is c1ccc(-c2ccc3ccccc3c2-c2cccc(-c3nc(-c4cccc5c4oc4ccccc45)cc(-c4cccc5c4oc4ccccc45)n3)c2-c2ccccc2)cc1. The molecule has 4 heteroatoms. The summed E-state index contributed by atoms with van der Waals surface area (Å²) in [6.07, 6.45) is 0. The third-order valence-electron chi connectivity index (χ3n) is 11.7. The van der Waals surface area contributed by atoms with E-state index in [2.05, 4.69) is 182 Å². The summed E-state index contributed by atoms with van der Waals surface area (Å²) in [4.78, 5) is 11.0. The van der Waals surface area contributed by atoms with Gasteiger partial charge in [0.1, 0.15) is 22.3 Å². The summed E-state index contributed by atoms with van der Waals surface area (Å²) < 4.78 is 13.3. The number of nitrogens with zero attached hydrogens (tertiary/aromatic N) is 2. The quantitative estimate of drug-likeness (QED) is 0.169. The fourth-order valence-electron chi connectivity index (χ4n) is 9.02. The number of furan rings is 2. The third-order valence-corrected chi connectivity index (χ3v) is 11.7. The number of para-hydroxylation sites is 4. The lowest BCUT2D eigenvalue weighted by Gasteiger charge is -2.20. The summed E-state index contributed by atoms with van der Waals surface area (Å²) in [5.41, 5.74) is 14.2. The van der Waals surface area contributed by atoms with Crippen molar-refractivity contribution in [3.63, 3.8) is 0 Å². The highest BCUT2D eigenvalue weighted by Crippen LogP contribution is 2.47. The highest BCUT2D eigenvalue weighted by molar-refractivity contribution is 6.12. The van der Waals surface area contributed by atoms with Crippen LogP contribution >= 0.6 is 0 Å². The molecule has 0 unspecified atom stereocenters. The first-order valence-electron chi connectivity index (χ1n) is 20.2. The van der Waals surface area contributed by atoms with Crippen LogP contribution in [0, 0.1) is 0 Å². The highest BCUT2D eigenvalue weighted by Gasteiger charge is 2.23. The first-order chi connectivity index (χ1) is 29.8. The zero-order valence-corrected chi connectivity index (χ0v) is 32.3. The number of benzene rings is 9. The number of fused-ring (bicyclic) bond motifs is 7. The molecule has 0 bridgehead atoms. The molecule has 0 aliphatic rings. The van der Waals surface area contributed by atoms with Gasteiger partial charge in [-0.2, -0.15) is 0 Å². The van der Waals surface area contributed by atoms with Crippen molar-refractivity contribution in [3.8, 4) is 67.3 Å². The van der Waals surface area contributed by atoms with Crippen molar-refractivity contribution in [2.45, 2.75) is 0 Å². The Hall–Kier alpha value is -8.08. The van der Waals surface area contributed by atoms with Crippen molar-refractivity contribution < 1.29 is 8.83 Å². The average Bonchev–Trinajstić information content (AvgIpc) is 3.90. The minimum atomic E-state index is 0.603. The van der Waals surface area contributed by atoms with Crippen molar-refractivity contribution >= 4 is 54.6 Å². The number of hydrogen-bond acceptors (Lipinski definition) is 4. The van der Waals surface area contributed by atoms with Gasteiger partial charge in [0.2, 0.25) is 0 Å². The van der Waals surface area contributed by atoms with Crippen LogP contribution in [0.15, 0.2) is 215 Å². The Balaban J connectivity index is 1.18. The molecule has 0 amide bonds. The molecular formula is C56H34N2O2. The Bertz CT molecular complexity index is 3470. The molecule has 12 aromatic rings. The van der Waals surface area contributed by atoms with Gasteiger partial charge < -0.3 is 8.83 Å². The molecule has 4 nitrogen and oxygen atoms in total. The van der Waals surface area contributed by atoms with Gasteiger partial charge in [0.05, 0.1) is 11.4 Å². The van der Waals surface area contributed by atoms with Gasteiger partial charge >= 0.3 is 0 Å². The first kappa shape index (κ1) is 34.0. The monoisotopic (exact) mass is 766 g/mol. The lowest BCUT2D eigenvalue weighted by Crippen LogP contribution is -1.99. The molecule has 280 valence electrons. The minimum Gasteiger partial charge on any atom is -0.455 e. The fraction of sp³-hybridized carbons (Fsp3) is 0. The van der Waals surface area contributed by atoms with Gasteiger partial charge in [-0.25, -0.2) is 9.97 Å². The van der Waals surface area contributed by atoms with Crippen molar-refractivity contribution in [2.24, 2.45) is 0 Å². The molecule has 0 N–H and O–H groups in total. The van der Waals surface area contributed by atoms with E-state index in [-0.39, 0.29) is 0 Å². The van der Waals surface area contributed by atoms with Crippen LogP contribution in [0.1, 0.15) is 0 Å². The Labute approximate surface area is 345 Å². The van der Waals surface area contributed by atoms with E-state index in [0.29, 0.717) is 5.82 Å². The minimum absolute atomic E-state index is 0.603. The summed E-state index contributed by atoms with van der Waals surface area (Å²) in [7, 11) is 0. The molecule has 3 heterocycles. The summed E-state index contributed by atoms with van der Waals surface area (Å²) in [5, 5.41) is 6.58. The zero-order valence-electron chi connectivity index (χ0n) is 32.3. The molecule has 0 saturated heterocycles. The van der Waals surface area contributed by atoms with Crippen LogP contribution in [-0.2, 0) is 0 Å². The molecule has 3 aromatic heterocycles. The van der Waals surface area contributed by atoms with E-state index in [1.54, 1.807) is 0 Å². The maximum atomic E-state index is 6.63. The van der Waals surface area contributed by atoms with Crippen LogP contribution in [0.25, 0.3) is 122 Å². The molecule has 60 heavy (non-hydrogen) atoms. The number of hydrogen-bond donors (Lipinski definition) is 0. The van der Waals surface area contributed by atoms with Crippen molar-refractivity contribution in [2.75, 3.05) is 0 Å². The van der Waals surface area contributed by atoms with Crippen LogP contribution < -0.4 is 0 Å². The highest BCUT2D eigenvalue weighted by atomic mass is 16.3. The predicted molar refractivity (Wildman–Crippen MR) is 247 cm³/mol. The van der Waals surface area contributed by atoms with E-state index in [1.807, 2.05) is 24.3 Å². The maximum Gasteiger partial charge on any atom is 0.161 e. The summed E-state index contributed by atoms with van der Waals surface area (Å²) in [6, 6.07) is 72.1. The van der Waals surface area contributed by atoms with Gasteiger partial charge in [0.15, 0.2) is 5.82 Å². The van der Waals surface area contributed by atoms with E-state index >= 15 is 0 Å². The largest absolute Gasteiger partial charge is 0.455 e. The fourth-order valence-corrected chi connectivity index (χ4v) is 9.02. The van der Waals surface area contributed by atoms with Gasteiger partial charge in [0.25, 0.3) is 0 Å². The molecular weight excluding hydrogens is 733 g/mol. The smallest absolute Gasteiger partial charge is 0.161 e. The van der Waals surface area contributed by atoms with Crippen molar-refractivity contribution in [1.82, 2.24) is 9.97 Å². The Morgan fingerprint density at radius 3 is 1.42 bits per heavy atom. The van der Waals surface area contributed by atoms with Crippen molar-refractivity contribution in [3.05, 3.63) is 206 Å². The van der Waals surface area contributed by atoms with E-state index in [9.17, 15) is 0 Å². The molecule has 0 atom stereocenters. The molecule has 0 aliphatic carbocycles.